The molecule has 1 aliphatic heterocycles. The van der Waals surface area contributed by atoms with E-state index in [-0.39, 0.29) is 17.8 Å². The number of nitrogens with zero attached hydrogens (tertiary/aromatic N) is 5. The van der Waals surface area contributed by atoms with Gasteiger partial charge in [-0.1, -0.05) is 54.7 Å². The normalized spacial score (nSPS) is 21.5. The van der Waals surface area contributed by atoms with E-state index in [0.29, 0.717) is 28.0 Å². The third kappa shape index (κ3) is 5.11. The van der Waals surface area contributed by atoms with Crippen LogP contribution in [0.15, 0.2) is 52.0 Å². The molecular formula is C30H34ClN7O4. The van der Waals surface area contributed by atoms with Gasteiger partial charge in [-0.3, -0.25) is 14.5 Å². The van der Waals surface area contributed by atoms with Gasteiger partial charge in [-0.05, 0) is 43.7 Å². The van der Waals surface area contributed by atoms with Gasteiger partial charge in [-0.15, -0.1) is 0 Å². The average molecular weight is 592 g/mol. The van der Waals surface area contributed by atoms with Gasteiger partial charge in [-0.2, -0.15) is 0 Å². The number of pyridine rings is 1. The van der Waals surface area contributed by atoms with E-state index in [1.807, 2.05) is 30.3 Å². The van der Waals surface area contributed by atoms with Gasteiger partial charge in [0.05, 0.1) is 12.1 Å². The molecule has 12 heteroatoms. The lowest BCUT2D eigenvalue weighted by atomic mass is 9.82. The molecule has 42 heavy (non-hydrogen) atoms. The number of fused-ring (bicyclic) bond motifs is 1. The van der Waals surface area contributed by atoms with Crippen LogP contribution in [0.25, 0.3) is 22.9 Å². The number of ether oxygens (including phenoxy) is 2. The summed E-state index contributed by atoms with van der Waals surface area (Å²) >= 11 is 6.40. The maximum absolute atomic E-state index is 11.8. The highest BCUT2D eigenvalue weighted by atomic mass is 35.5. The number of hydrogen-bond donors (Lipinski definition) is 2. The first-order valence-corrected chi connectivity index (χ1v) is 14.5. The van der Waals surface area contributed by atoms with Crippen LogP contribution in [0, 0.1) is 11.8 Å². The van der Waals surface area contributed by atoms with Crippen LogP contribution in [0.5, 0.6) is 5.75 Å². The van der Waals surface area contributed by atoms with Gasteiger partial charge in [0, 0.05) is 37.2 Å². The monoisotopic (exact) mass is 591 g/mol. The molecule has 1 unspecified atom stereocenters. The maximum Gasteiger partial charge on any atom is 0.439 e. The van der Waals surface area contributed by atoms with E-state index in [0.717, 1.165) is 42.3 Å². The number of aromatic amines is 1. The summed E-state index contributed by atoms with van der Waals surface area (Å²) in [6.45, 7) is 5.13. The van der Waals surface area contributed by atoms with E-state index < -0.39 is 11.4 Å². The van der Waals surface area contributed by atoms with Gasteiger partial charge in [0.1, 0.15) is 28.9 Å². The Morgan fingerprint density at radius 1 is 1.14 bits per heavy atom. The van der Waals surface area contributed by atoms with Gasteiger partial charge in [0.2, 0.25) is 11.6 Å². The summed E-state index contributed by atoms with van der Waals surface area (Å²) < 4.78 is 16.9. The van der Waals surface area contributed by atoms with E-state index >= 15 is 0 Å². The van der Waals surface area contributed by atoms with Crippen LogP contribution in [0.1, 0.15) is 45.1 Å². The van der Waals surface area contributed by atoms with E-state index in [4.69, 9.17) is 35.6 Å². The summed E-state index contributed by atoms with van der Waals surface area (Å²) in [5.74, 6) is 2.11. The summed E-state index contributed by atoms with van der Waals surface area (Å²) in [6.07, 6.45) is 7.55. The van der Waals surface area contributed by atoms with Crippen LogP contribution in [0.2, 0.25) is 5.02 Å². The molecule has 11 nitrogen and oxygen atoms in total. The molecule has 4 aromatic rings. The number of para-hydroxylation sites is 1. The molecular weight excluding hydrogens is 558 g/mol. The molecule has 1 aliphatic carbocycles. The van der Waals surface area contributed by atoms with Crippen LogP contribution in [0.3, 0.4) is 0 Å². The van der Waals surface area contributed by atoms with Crippen molar-refractivity contribution in [2.24, 2.45) is 11.8 Å². The van der Waals surface area contributed by atoms with E-state index in [2.05, 4.69) is 39.2 Å². The summed E-state index contributed by atoms with van der Waals surface area (Å²) in [5.41, 5.74) is 2.13. The van der Waals surface area contributed by atoms with Crippen molar-refractivity contribution in [1.29, 1.82) is 0 Å². The largest absolute Gasteiger partial charge is 0.496 e. The highest BCUT2D eigenvalue weighted by molar-refractivity contribution is 6.30. The fraction of sp³-hybridized carbons (Fsp3) is 0.433. The number of aromatic nitrogens is 5. The van der Waals surface area contributed by atoms with Gasteiger partial charge in [0.15, 0.2) is 5.82 Å². The second-order valence-corrected chi connectivity index (χ2v) is 11.7. The van der Waals surface area contributed by atoms with Gasteiger partial charge < -0.3 is 19.7 Å². The van der Waals surface area contributed by atoms with Crippen molar-refractivity contribution in [3.8, 4) is 28.7 Å². The Hall–Kier alpha value is -3.96. The Labute approximate surface area is 248 Å². The summed E-state index contributed by atoms with van der Waals surface area (Å²) in [4.78, 5) is 30.8. The number of methoxy groups -OCH3 is 2. The molecule has 0 spiro atoms. The minimum absolute atomic E-state index is 0.122. The molecule has 1 saturated carbocycles. The molecule has 2 atom stereocenters. The molecule has 220 valence electrons. The van der Waals surface area contributed by atoms with Gasteiger partial charge >= 0.3 is 5.76 Å². The highest BCUT2D eigenvalue weighted by Gasteiger charge is 2.48. The fourth-order valence-corrected chi connectivity index (χ4v) is 6.36. The lowest BCUT2D eigenvalue weighted by Gasteiger charge is -2.42. The van der Waals surface area contributed by atoms with Gasteiger partial charge in [-0.25, -0.2) is 14.8 Å². The molecule has 3 aromatic heterocycles. The number of nitrogens with one attached hydrogen (secondary N) is 2. The maximum atomic E-state index is 11.8. The second-order valence-electron chi connectivity index (χ2n) is 11.3. The Bertz CT molecular complexity index is 1630. The summed E-state index contributed by atoms with van der Waals surface area (Å²) in [5, 5.41) is 7.98. The van der Waals surface area contributed by atoms with Crippen LogP contribution in [-0.2, 0) is 10.3 Å². The molecule has 0 amide bonds. The standard InChI is InChI=1S/C30H34ClN7O4/c1-17-9-11-18(12-10-17)16-38-24-23(19-13-20(31)15-32-14-19)33-26(27-36-29(39)42-37-27)34-25(24)35-28(38)30(2,41-4)21-7-5-6-8-22(21)40-3/h5-8,13-15,17-18,28H,9-12,16H2,1-4H3,(H,33,34,35)(H,36,37,39)/t17-,18-,28-,30?/m1/s1. The topological polar surface area (TPSA) is 131 Å². The molecule has 1 aromatic carbocycles. The van der Waals surface area contributed by atoms with Crippen molar-refractivity contribution in [3.63, 3.8) is 0 Å². The third-order valence-corrected chi connectivity index (χ3v) is 8.77. The third-order valence-electron chi connectivity index (χ3n) is 8.56. The van der Waals surface area contributed by atoms with Crippen molar-refractivity contribution < 1.29 is 14.0 Å². The Balaban J connectivity index is 1.55. The molecule has 2 aliphatic rings. The molecule has 0 bridgehead atoms. The zero-order valence-electron chi connectivity index (χ0n) is 24.1. The van der Waals surface area contributed by atoms with Crippen LogP contribution in [-0.4, -0.2) is 52.0 Å². The first-order chi connectivity index (χ1) is 20.3. The van der Waals surface area contributed by atoms with E-state index in [1.165, 1.54) is 12.8 Å². The molecule has 0 radical (unpaired) electrons. The van der Waals surface area contributed by atoms with Crippen LogP contribution in [0.4, 0.5) is 11.5 Å². The average Bonchev–Trinajstić information content (AvgIpc) is 3.61. The minimum atomic E-state index is -0.874. The second kappa shape index (κ2) is 11.4. The number of H-pyrrole nitrogens is 1. The summed E-state index contributed by atoms with van der Waals surface area (Å²) in [6, 6.07) is 9.69. The lowest BCUT2D eigenvalue weighted by molar-refractivity contribution is -0.0166. The fourth-order valence-electron chi connectivity index (χ4n) is 6.18. The smallest absolute Gasteiger partial charge is 0.439 e. The predicted octanol–water partition coefficient (Wildman–Crippen LogP) is 5.49. The number of rotatable bonds is 8. The molecule has 6 rings (SSSR count). The van der Waals surface area contributed by atoms with E-state index in [1.54, 1.807) is 26.6 Å². The van der Waals surface area contributed by atoms with Crippen LogP contribution < -0.4 is 20.7 Å². The number of anilines is 2. The SMILES string of the molecule is COc1ccccc1C(C)(OC)[C@@H]1Nc2nc(-c3noc(=O)[nH]3)nc(-c3cncc(Cl)c3)c2N1C[C@H]1CC[C@H](C)CC1. The van der Waals surface area contributed by atoms with Gasteiger partial charge in [0.25, 0.3) is 0 Å². The molecule has 4 heterocycles. The molecule has 1 fully saturated rings. The number of halogens is 1. The van der Waals surface area contributed by atoms with Crippen molar-refractivity contribution in [2.45, 2.75) is 51.3 Å². The van der Waals surface area contributed by atoms with E-state index in [9.17, 15) is 4.79 Å². The minimum Gasteiger partial charge on any atom is -0.496 e. The summed E-state index contributed by atoms with van der Waals surface area (Å²) in [7, 11) is 3.37. The molecule has 0 saturated heterocycles. The van der Waals surface area contributed by atoms with Crippen molar-refractivity contribution in [1.82, 2.24) is 25.1 Å². The van der Waals surface area contributed by atoms with Crippen molar-refractivity contribution in [3.05, 3.63) is 63.9 Å². The zero-order valence-corrected chi connectivity index (χ0v) is 24.8. The first kappa shape index (κ1) is 28.2. The Kier molecular flexibility index (Phi) is 7.63. The van der Waals surface area contributed by atoms with Crippen LogP contribution >= 0.6 is 11.6 Å². The first-order valence-electron chi connectivity index (χ1n) is 14.1. The number of hydrogen-bond acceptors (Lipinski definition) is 10. The highest BCUT2D eigenvalue weighted by Crippen LogP contribution is 2.49. The van der Waals surface area contributed by atoms with Crippen molar-refractivity contribution >= 4 is 23.1 Å². The molecule has 2 N–H and O–H groups in total. The Morgan fingerprint density at radius 3 is 2.62 bits per heavy atom. The quantitative estimate of drug-likeness (QED) is 0.271. The zero-order chi connectivity index (χ0) is 29.4. The predicted molar refractivity (Wildman–Crippen MR) is 160 cm³/mol. The number of benzene rings is 1. The Morgan fingerprint density at radius 2 is 1.93 bits per heavy atom. The van der Waals surface area contributed by atoms with Crippen molar-refractivity contribution in [2.75, 3.05) is 31.0 Å². The lowest BCUT2D eigenvalue weighted by Crippen LogP contribution is -2.53.